The zero-order chi connectivity index (χ0) is 14.7. The van der Waals surface area contributed by atoms with Crippen LogP contribution in [0.15, 0.2) is 47.4 Å². The maximum absolute atomic E-state index is 12.9. The van der Waals surface area contributed by atoms with Gasteiger partial charge in [-0.15, -0.1) is 11.8 Å². The van der Waals surface area contributed by atoms with Crippen LogP contribution in [-0.2, 0) is 0 Å². The van der Waals surface area contributed by atoms with E-state index in [1.54, 1.807) is 11.8 Å². The van der Waals surface area contributed by atoms with Gasteiger partial charge in [0.25, 0.3) is 0 Å². The number of carbonyl (C=O) groups excluding carboxylic acids is 1. The molecule has 1 unspecified atom stereocenters. The Morgan fingerprint density at radius 1 is 1.10 bits per heavy atom. The Morgan fingerprint density at radius 3 is 2.40 bits per heavy atom. The summed E-state index contributed by atoms with van der Waals surface area (Å²) in [5, 5.41) is -0.194. The summed E-state index contributed by atoms with van der Waals surface area (Å²) in [6.45, 7) is 5.96. The van der Waals surface area contributed by atoms with Crippen molar-refractivity contribution in [1.29, 1.82) is 0 Å². The second-order valence-corrected chi connectivity index (χ2v) is 6.28. The molecule has 0 N–H and O–H groups in total. The standard InChI is InChI=1S/C17H17FOS/c1-11-4-5-12(2)16(10-11)20-13(3)17(19)14-6-8-15(18)9-7-14/h4-10,13H,1-3H3. The summed E-state index contributed by atoms with van der Waals surface area (Å²) in [6.07, 6.45) is 0. The molecule has 3 heteroatoms. The fraction of sp³-hybridized carbons (Fsp3) is 0.235. The zero-order valence-electron chi connectivity index (χ0n) is 11.8. The molecule has 2 aromatic rings. The van der Waals surface area contributed by atoms with Gasteiger partial charge in [-0.2, -0.15) is 0 Å². The van der Waals surface area contributed by atoms with Crippen molar-refractivity contribution >= 4 is 17.5 Å². The van der Waals surface area contributed by atoms with E-state index in [0.717, 1.165) is 4.90 Å². The highest BCUT2D eigenvalue weighted by molar-refractivity contribution is 8.00. The molecule has 1 nitrogen and oxygen atoms in total. The van der Waals surface area contributed by atoms with Crippen LogP contribution in [0.5, 0.6) is 0 Å². The molecule has 2 aromatic carbocycles. The second-order valence-electron chi connectivity index (χ2n) is 4.90. The lowest BCUT2D eigenvalue weighted by Gasteiger charge is -2.13. The Bertz CT molecular complexity index is 619. The number of hydrogen-bond acceptors (Lipinski definition) is 2. The van der Waals surface area contributed by atoms with Gasteiger partial charge >= 0.3 is 0 Å². The molecule has 0 aromatic heterocycles. The number of benzene rings is 2. The lowest BCUT2D eigenvalue weighted by atomic mass is 10.1. The number of thioether (sulfide) groups is 1. The van der Waals surface area contributed by atoms with E-state index in [-0.39, 0.29) is 16.9 Å². The van der Waals surface area contributed by atoms with Crippen molar-refractivity contribution in [1.82, 2.24) is 0 Å². The number of ketones is 1. The molecular formula is C17H17FOS. The Hall–Kier alpha value is -1.61. The number of Topliss-reactive ketones (excluding diaryl/α,β-unsaturated/α-hetero) is 1. The molecule has 0 saturated carbocycles. The van der Waals surface area contributed by atoms with E-state index in [9.17, 15) is 9.18 Å². The number of halogens is 1. The molecule has 0 saturated heterocycles. The summed E-state index contributed by atoms with van der Waals surface area (Å²) in [5.74, 6) is -0.299. The van der Waals surface area contributed by atoms with Gasteiger partial charge in [0.05, 0.1) is 5.25 Å². The molecule has 0 spiro atoms. The van der Waals surface area contributed by atoms with E-state index >= 15 is 0 Å². The normalized spacial score (nSPS) is 12.2. The van der Waals surface area contributed by atoms with Gasteiger partial charge in [0.15, 0.2) is 5.78 Å². The minimum atomic E-state index is -0.323. The molecule has 0 aliphatic heterocycles. The van der Waals surface area contributed by atoms with Gasteiger partial charge in [-0.1, -0.05) is 17.7 Å². The van der Waals surface area contributed by atoms with Crippen molar-refractivity contribution < 1.29 is 9.18 Å². The maximum atomic E-state index is 12.9. The van der Waals surface area contributed by atoms with Crippen LogP contribution in [0, 0.1) is 19.7 Å². The quantitative estimate of drug-likeness (QED) is 0.593. The van der Waals surface area contributed by atoms with Crippen LogP contribution in [0.2, 0.25) is 0 Å². The van der Waals surface area contributed by atoms with Crippen LogP contribution in [0.25, 0.3) is 0 Å². The van der Waals surface area contributed by atoms with Gasteiger partial charge in [0.2, 0.25) is 0 Å². The molecule has 20 heavy (non-hydrogen) atoms. The number of carbonyl (C=O) groups is 1. The van der Waals surface area contributed by atoms with Gasteiger partial charge in [-0.25, -0.2) is 4.39 Å². The zero-order valence-corrected chi connectivity index (χ0v) is 12.6. The molecule has 104 valence electrons. The van der Waals surface area contributed by atoms with E-state index in [4.69, 9.17) is 0 Å². The van der Waals surface area contributed by atoms with Crippen molar-refractivity contribution in [3.05, 3.63) is 65.0 Å². The smallest absolute Gasteiger partial charge is 0.175 e. The van der Waals surface area contributed by atoms with Crippen molar-refractivity contribution in [2.24, 2.45) is 0 Å². The summed E-state index contributed by atoms with van der Waals surface area (Å²) >= 11 is 1.55. The highest BCUT2D eigenvalue weighted by Crippen LogP contribution is 2.29. The lowest BCUT2D eigenvalue weighted by molar-refractivity contribution is 0.0994. The highest BCUT2D eigenvalue weighted by atomic mass is 32.2. The van der Waals surface area contributed by atoms with E-state index < -0.39 is 0 Å². The third kappa shape index (κ3) is 3.48. The monoisotopic (exact) mass is 288 g/mol. The van der Waals surface area contributed by atoms with E-state index in [1.807, 2.05) is 20.8 Å². The molecule has 1 atom stereocenters. The molecule has 0 fully saturated rings. The minimum absolute atomic E-state index is 0.0240. The van der Waals surface area contributed by atoms with Gasteiger partial charge < -0.3 is 0 Å². The number of aryl methyl sites for hydroxylation is 2. The van der Waals surface area contributed by atoms with Crippen LogP contribution in [0.1, 0.15) is 28.4 Å². The SMILES string of the molecule is Cc1ccc(C)c(SC(C)C(=O)c2ccc(F)cc2)c1. The Kier molecular flexibility index (Phi) is 4.61. The summed E-state index contributed by atoms with van der Waals surface area (Å²) in [4.78, 5) is 13.4. The molecule has 0 aliphatic rings. The van der Waals surface area contributed by atoms with Gasteiger partial charge in [-0.3, -0.25) is 4.79 Å². The molecular weight excluding hydrogens is 271 g/mol. The molecule has 0 bridgehead atoms. The largest absolute Gasteiger partial charge is 0.293 e. The van der Waals surface area contributed by atoms with E-state index in [2.05, 4.69) is 18.2 Å². The highest BCUT2D eigenvalue weighted by Gasteiger charge is 2.17. The van der Waals surface area contributed by atoms with Crippen LogP contribution < -0.4 is 0 Å². The van der Waals surface area contributed by atoms with Gasteiger partial charge in [-0.05, 0) is 56.7 Å². The van der Waals surface area contributed by atoms with Crippen molar-refractivity contribution in [2.45, 2.75) is 30.9 Å². The first-order valence-electron chi connectivity index (χ1n) is 6.51. The van der Waals surface area contributed by atoms with E-state index in [0.29, 0.717) is 5.56 Å². The maximum Gasteiger partial charge on any atom is 0.175 e. The summed E-state index contributed by atoms with van der Waals surface area (Å²) < 4.78 is 12.9. The van der Waals surface area contributed by atoms with Crippen LogP contribution >= 0.6 is 11.8 Å². The second kappa shape index (κ2) is 6.23. The van der Waals surface area contributed by atoms with Gasteiger partial charge in [0.1, 0.15) is 5.82 Å². The van der Waals surface area contributed by atoms with Crippen molar-refractivity contribution in [3.8, 4) is 0 Å². The summed E-state index contributed by atoms with van der Waals surface area (Å²) in [7, 11) is 0. The van der Waals surface area contributed by atoms with Crippen molar-refractivity contribution in [2.75, 3.05) is 0 Å². The predicted molar refractivity (Wildman–Crippen MR) is 82.0 cm³/mol. The Labute approximate surface area is 123 Å². The van der Waals surface area contributed by atoms with Crippen LogP contribution in [0.3, 0.4) is 0 Å². The molecule has 0 aliphatic carbocycles. The summed E-state index contributed by atoms with van der Waals surface area (Å²) in [5.41, 5.74) is 2.90. The molecule has 0 radical (unpaired) electrons. The first kappa shape index (κ1) is 14.8. The molecule has 2 rings (SSSR count). The average Bonchev–Trinajstić information content (AvgIpc) is 2.43. The average molecular weight is 288 g/mol. The Balaban J connectivity index is 2.15. The fourth-order valence-electron chi connectivity index (χ4n) is 1.93. The van der Waals surface area contributed by atoms with Crippen LogP contribution in [0.4, 0.5) is 4.39 Å². The fourth-order valence-corrected chi connectivity index (χ4v) is 3.06. The first-order chi connectivity index (χ1) is 9.47. The molecule has 0 heterocycles. The topological polar surface area (TPSA) is 17.1 Å². The van der Waals surface area contributed by atoms with E-state index in [1.165, 1.54) is 35.4 Å². The van der Waals surface area contributed by atoms with Crippen molar-refractivity contribution in [3.63, 3.8) is 0 Å². The summed E-state index contributed by atoms with van der Waals surface area (Å²) in [6, 6.07) is 11.9. The third-order valence-corrected chi connectivity index (χ3v) is 4.41. The lowest BCUT2D eigenvalue weighted by Crippen LogP contribution is -2.13. The minimum Gasteiger partial charge on any atom is -0.293 e. The number of hydrogen-bond donors (Lipinski definition) is 0. The third-order valence-electron chi connectivity index (χ3n) is 3.15. The number of rotatable bonds is 4. The first-order valence-corrected chi connectivity index (χ1v) is 7.39. The van der Waals surface area contributed by atoms with Gasteiger partial charge in [0, 0.05) is 10.5 Å². The Morgan fingerprint density at radius 2 is 1.75 bits per heavy atom. The molecule has 0 amide bonds. The van der Waals surface area contributed by atoms with Crippen LogP contribution in [-0.4, -0.2) is 11.0 Å². The predicted octanol–water partition coefficient (Wildman–Crippen LogP) is 4.81.